The molecule has 0 saturated carbocycles. The topological polar surface area (TPSA) is 62.6 Å². The third kappa shape index (κ3) is 15.3. The first-order valence-electron chi connectivity index (χ1n) is 18.4. The quantitative estimate of drug-likeness (QED) is 0.0475. The van der Waals surface area contributed by atoms with Crippen molar-refractivity contribution in [3.63, 3.8) is 0 Å². The predicted molar refractivity (Wildman–Crippen MR) is 190 cm³/mol. The molecule has 0 amide bonds. The van der Waals surface area contributed by atoms with Crippen LogP contribution in [0.4, 0.5) is 0 Å². The van der Waals surface area contributed by atoms with E-state index in [9.17, 15) is 4.79 Å². The van der Waals surface area contributed by atoms with Gasteiger partial charge < -0.3 is 18.8 Å². The predicted octanol–water partition coefficient (Wildman–Crippen LogP) is 11.7. The van der Waals surface area contributed by atoms with Gasteiger partial charge in [-0.25, -0.2) is 9.78 Å². The zero-order chi connectivity index (χ0) is 32.5. The lowest BCUT2D eigenvalue weighted by Crippen LogP contribution is -2.10. The van der Waals surface area contributed by atoms with Gasteiger partial charge >= 0.3 is 5.97 Å². The number of unbranched alkanes of at least 4 members (excludes halogenated alkanes) is 18. The minimum atomic E-state index is -0.416. The van der Waals surface area contributed by atoms with E-state index in [1.165, 1.54) is 109 Å². The molecule has 0 fully saturated rings. The Balaban J connectivity index is 1.46. The molecule has 0 bridgehead atoms. The van der Waals surface area contributed by atoms with Crippen LogP contribution >= 0.6 is 0 Å². The Morgan fingerprint density at radius 3 is 1.61 bits per heavy atom. The van der Waals surface area contributed by atoms with Crippen molar-refractivity contribution in [2.24, 2.45) is 0 Å². The fourth-order valence-corrected chi connectivity index (χ4v) is 5.67. The first-order valence-corrected chi connectivity index (χ1v) is 18.4. The minimum absolute atomic E-state index is 0.416. The SMILES string of the molecule is CCCCCCCCCCCCOc1ccc(C(=O)Oc2ccc(-n3ccnc3)cc2)cc1OCCCCCCCCCCCC. The minimum Gasteiger partial charge on any atom is -0.490 e. The Kier molecular flexibility index (Phi) is 19.4. The summed E-state index contributed by atoms with van der Waals surface area (Å²) in [5.41, 5.74) is 1.40. The molecule has 254 valence electrons. The lowest BCUT2D eigenvalue weighted by Gasteiger charge is -2.14. The van der Waals surface area contributed by atoms with E-state index < -0.39 is 5.97 Å². The molecule has 2 aromatic carbocycles. The van der Waals surface area contributed by atoms with Crippen molar-refractivity contribution in [1.82, 2.24) is 9.55 Å². The van der Waals surface area contributed by atoms with E-state index in [2.05, 4.69) is 18.8 Å². The highest BCUT2D eigenvalue weighted by Gasteiger charge is 2.14. The van der Waals surface area contributed by atoms with Gasteiger partial charge in [-0.2, -0.15) is 0 Å². The van der Waals surface area contributed by atoms with Gasteiger partial charge in [-0.15, -0.1) is 0 Å². The third-order valence-electron chi connectivity index (χ3n) is 8.54. The fourth-order valence-electron chi connectivity index (χ4n) is 5.67. The van der Waals surface area contributed by atoms with Crippen LogP contribution in [0.2, 0.25) is 0 Å². The summed E-state index contributed by atoms with van der Waals surface area (Å²) in [6.07, 6.45) is 31.0. The molecule has 0 aliphatic heterocycles. The van der Waals surface area contributed by atoms with Gasteiger partial charge in [0.2, 0.25) is 0 Å². The normalized spacial score (nSPS) is 11.1. The van der Waals surface area contributed by atoms with Crippen LogP contribution in [0.3, 0.4) is 0 Å². The first-order chi connectivity index (χ1) is 22.7. The molecule has 0 saturated heterocycles. The monoisotopic (exact) mass is 632 g/mol. The molecule has 1 heterocycles. The zero-order valence-electron chi connectivity index (χ0n) is 28.9. The smallest absolute Gasteiger partial charge is 0.343 e. The van der Waals surface area contributed by atoms with Crippen LogP contribution in [0.1, 0.15) is 153 Å². The Labute approximate surface area is 279 Å². The number of esters is 1. The van der Waals surface area contributed by atoms with Gasteiger partial charge in [0, 0.05) is 18.1 Å². The van der Waals surface area contributed by atoms with Crippen LogP contribution in [-0.2, 0) is 0 Å². The number of nitrogens with zero attached hydrogens (tertiary/aromatic N) is 2. The van der Waals surface area contributed by atoms with Crippen molar-refractivity contribution >= 4 is 5.97 Å². The molecule has 3 aromatic rings. The Morgan fingerprint density at radius 2 is 1.11 bits per heavy atom. The van der Waals surface area contributed by atoms with Gasteiger partial charge in [0.05, 0.1) is 25.1 Å². The standard InChI is InChI=1S/C40H60N2O4/c1-3-5-7-9-11-13-15-17-19-21-31-44-38-28-23-35(33-39(38)45-32-22-20-18-16-14-12-10-8-6-4-2)40(43)46-37-26-24-36(25-27-37)42-30-29-41-34-42/h23-30,33-34H,3-22,31-32H2,1-2H3. The maximum absolute atomic E-state index is 13.1. The van der Waals surface area contributed by atoms with Crippen molar-refractivity contribution in [1.29, 1.82) is 0 Å². The largest absolute Gasteiger partial charge is 0.490 e. The molecular weight excluding hydrogens is 572 g/mol. The Bertz CT molecular complexity index is 1180. The molecule has 6 heteroatoms. The van der Waals surface area contributed by atoms with Gasteiger partial charge in [-0.1, -0.05) is 129 Å². The van der Waals surface area contributed by atoms with E-state index in [0.29, 0.717) is 36.0 Å². The lowest BCUT2D eigenvalue weighted by atomic mass is 10.1. The second-order valence-corrected chi connectivity index (χ2v) is 12.6. The number of hydrogen-bond donors (Lipinski definition) is 0. The van der Waals surface area contributed by atoms with Crippen molar-refractivity contribution in [2.75, 3.05) is 13.2 Å². The second-order valence-electron chi connectivity index (χ2n) is 12.6. The zero-order valence-corrected chi connectivity index (χ0v) is 28.9. The van der Waals surface area contributed by atoms with Crippen LogP contribution in [0, 0.1) is 0 Å². The number of ether oxygens (including phenoxy) is 3. The number of rotatable bonds is 27. The molecule has 0 spiro atoms. The molecule has 0 atom stereocenters. The molecule has 46 heavy (non-hydrogen) atoms. The van der Waals surface area contributed by atoms with E-state index in [1.807, 2.05) is 29.0 Å². The van der Waals surface area contributed by atoms with E-state index in [1.54, 1.807) is 36.8 Å². The molecule has 0 radical (unpaired) electrons. The lowest BCUT2D eigenvalue weighted by molar-refractivity contribution is 0.0734. The molecule has 0 unspecified atom stereocenters. The van der Waals surface area contributed by atoms with Gasteiger partial charge in [0.1, 0.15) is 5.75 Å². The van der Waals surface area contributed by atoms with Crippen LogP contribution in [0.5, 0.6) is 17.2 Å². The summed E-state index contributed by atoms with van der Waals surface area (Å²) in [6, 6.07) is 12.8. The van der Waals surface area contributed by atoms with Crippen LogP contribution in [-0.4, -0.2) is 28.7 Å². The molecule has 0 aliphatic rings. The summed E-state index contributed by atoms with van der Waals surface area (Å²) in [4.78, 5) is 17.2. The van der Waals surface area contributed by atoms with E-state index in [0.717, 1.165) is 24.9 Å². The molecule has 0 aliphatic carbocycles. The summed E-state index contributed by atoms with van der Waals surface area (Å²) in [5, 5.41) is 0. The van der Waals surface area contributed by atoms with Crippen molar-refractivity contribution in [3.8, 4) is 22.9 Å². The summed E-state index contributed by atoms with van der Waals surface area (Å²) in [5.74, 6) is 1.39. The number of carbonyl (C=O) groups is 1. The number of aromatic nitrogens is 2. The van der Waals surface area contributed by atoms with Crippen LogP contribution in [0.15, 0.2) is 61.2 Å². The van der Waals surface area contributed by atoms with Crippen molar-refractivity contribution in [3.05, 3.63) is 66.7 Å². The van der Waals surface area contributed by atoms with E-state index >= 15 is 0 Å². The summed E-state index contributed by atoms with van der Waals surface area (Å²) in [7, 11) is 0. The molecule has 3 rings (SSSR count). The van der Waals surface area contributed by atoms with Crippen molar-refractivity contribution < 1.29 is 19.0 Å². The van der Waals surface area contributed by atoms with Gasteiger partial charge in [0.25, 0.3) is 0 Å². The van der Waals surface area contributed by atoms with Crippen LogP contribution < -0.4 is 14.2 Å². The third-order valence-corrected chi connectivity index (χ3v) is 8.54. The molecule has 6 nitrogen and oxygen atoms in total. The summed E-state index contributed by atoms with van der Waals surface area (Å²) >= 11 is 0. The van der Waals surface area contributed by atoms with Gasteiger partial charge in [-0.3, -0.25) is 0 Å². The Hall–Kier alpha value is -3.28. The van der Waals surface area contributed by atoms with Gasteiger partial charge in [0.15, 0.2) is 11.5 Å². The summed E-state index contributed by atoms with van der Waals surface area (Å²) < 4.78 is 20.0. The number of carbonyl (C=O) groups excluding carboxylic acids is 1. The average molecular weight is 633 g/mol. The highest BCUT2D eigenvalue weighted by molar-refractivity contribution is 5.91. The second kappa shape index (κ2) is 24.0. The van der Waals surface area contributed by atoms with Crippen molar-refractivity contribution in [2.45, 2.75) is 142 Å². The highest BCUT2D eigenvalue weighted by Crippen LogP contribution is 2.30. The number of benzene rings is 2. The average Bonchev–Trinajstić information content (AvgIpc) is 3.62. The maximum Gasteiger partial charge on any atom is 0.343 e. The maximum atomic E-state index is 13.1. The first kappa shape index (κ1) is 37.2. The van der Waals surface area contributed by atoms with Gasteiger partial charge in [-0.05, 0) is 55.3 Å². The molecular formula is C40H60N2O4. The number of hydrogen-bond acceptors (Lipinski definition) is 5. The molecule has 0 N–H and O–H groups in total. The summed E-state index contributed by atoms with van der Waals surface area (Å²) in [6.45, 7) is 5.79. The Morgan fingerprint density at radius 1 is 0.609 bits per heavy atom. The fraction of sp³-hybridized carbons (Fsp3) is 0.600. The number of imidazole rings is 1. The molecule has 1 aromatic heterocycles. The van der Waals surface area contributed by atoms with E-state index in [4.69, 9.17) is 14.2 Å². The highest BCUT2D eigenvalue weighted by atomic mass is 16.5. The van der Waals surface area contributed by atoms with Crippen LogP contribution in [0.25, 0.3) is 5.69 Å². The van der Waals surface area contributed by atoms with E-state index in [-0.39, 0.29) is 0 Å².